The number of para-hydroxylation sites is 1. The van der Waals surface area contributed by atoms with Crippen LogP contribution in [-0.2, 0) is 33.6 Å². The van der Waals surface area contributed by atoms with Crippen molar-refractivity contribution in [3.05, 3.63) is 65.2 Å². The van der Waals surface area contributed by atoms with E-state index in [0.717, 1.165) is 49.7 Å². The molecule has 1 fully saturated rings. The van der Waals surface area contributed by atoms with Crippen LogP contribution in [0.3, 0.4) is 0 Å². The number of hydrogen-bond donors (Lipinski definition) is 1. The maximum Gasteiger partial charge on any atom is 0.415 e. The van der Waals surface area contributed by atoms with Gasteiger partial charge in [-0.05, 0) is 67.7 Å². The summed E-state index contributed by atoms with van der Waals surface area (Å²) >= 11 is 0. The highest BCUT2D eigenvalue weighted by molar-refractivity contribution is 6.01. The first kappa shape index (κ1) is 23.4. The maximum atomic E-state index is 14.0. The molecule has 3 aliphatic rings. The van der Waals surface area contributed by atoms with Gasteiger partial charge in [0.05, 0.1) is 5.69 Å². The van der Waals surface area contributed by atoms with E-state index in [9.17, 15) is 19.5 Å². The van der Waals surface area contributed by atoms with Gasteiger partial charge in [-0.25, -0.2) is 4.79 Å². The van der Waals surface area contributed by atoms with Crippen LogP contribution in [0.15, 0.2) is 48.5 Å². The van der Waals surface area contributed by atoms with Crippen molar-refractivity contribution < 1.29 is 24.2 Å². The van der Waals surface area contributed by atoms with E-state index in [1.165, 1.54) is 15.4 Å². The predicted octanol–water partition coefficient (Wildman–Crippen LogP) is 4.36. The number of fused-ring (bicyclic) bond motifs is 2. The molecule has 2 atom stereocenters. The fourth-order valence-electron chi connectivity index (χ4n) is 5.86. The van der Waals surface area contributed by atoms with Crippen molar-refractivity contribution in [2.75, 3.05) is 11.4 Å². The minimum absolute atomic E-state index is 0.135. The van der Waals surface area contributed by atoms with E-state index in [1.807, 2.05) is 42.5 Å². The van der Waals surface area contributed by atoms with Gasteiger partial charge in [-0.15, -0.1) is 0 Å². The summed E-state index contributed by atoms with van der Waals surface area (Å²) in [6.45, 7) is -0.385. The molecule has 1 aliphatic heterocycles. The van der Waals surface area contributed by atoms with Crippen molar-refractivity contribution in [2.24, 2.45) is 0 Å². The van der Waals surface area contributed by atoms with Crippen LogP contribution in [0, 0.1) is 0 Å². The summed E-state index contributed by atoms with van der Waals surface area (Å²) in [5, 5.41) is 9.67. The van der Waals surface area contributed by atoms with Crippen LogP contribution in [0.2, 0.25) is 0 Å². The zero-order chi connectivity index (χ0) is 24.4. The summed E-state index contributed by atoms with van der Waals surface area (Å²) in [5.74, 6) is -1.38. The van der Waals surface area contributed by atoms with Crippen molar-refractivity contribution in [1.82, 2.24) is 4.90 Å². The number of carboxylic acid groups (broad SMARTS) is 1. The minimum atomic E-state index is -1.05. The Hall–Kier alpha value is -3.35. The second-order valence-electron chi connectivity index (χ2n) is 9.89. The van der Waals surface area contributed by atoms with Gasteiger partial charge in [-0.2, -0.15) is 0 Å². The quantitative estimate of drug-likeness (QED) is 0.693. The number of nitrogens with zero attached hydrogens (tertiary/aromatic N) is 2. The molecular formula is C28H32N2O5. The van der Waals surface area contributed by atoms with Crippen LogP contribution in [0.1, 0.15) is 55.2 Å². The standard InChI is InChI=1S/C28H32N2O5/c31-26(32)18-29(22-15-14-19-8-4-5-9-20(19)16-22)27(33)25-17-21-10-6-7-13-24(21)30(25)28(34)35-23-11-2-1-3-12-23/h4-10,13,22-23,25H,1-3,11-12,14-18H2,(H,31,32)/t22?,25-/m1/s1. The first-order chi connectivity index (χ1) is 17.0. The van der Waals surface area contributed by atoms with Crippen molar-refractivity contribution in [2.45, 2.75) is 76.0 Å². The van der Waals surface area contributed by atoms with Gasteiger partial charge in [0.1, 0.15) is 18.7 Å². The highest BCUT2D eigenvalue weighted by atomic mass is 16.6. The van der Waals surface area contributed by atoms with Gasteiger partial charge >= 0.3 is 12.1 Å². The summed E-state index contributed by atoms with van der Waals surface area (Å²) < 4.78 is 5.87. The third-order valence-electron chi connectivity index (χ3n) is 7.63. The van der Waals surface area contributed by atoms with Crippen molar-refractivity contribution in [1.29, 1.82) is 0 Å². The van der Waals surface area contributed by atoms with Crippen LogP contribution >= 0.6 is 0 Å². The van der Waals surface area contributed by atoms with Gasteiger partial charge in [0, 0.05) is 12.5 Å². The summed E-state index contributed by atoms with van der Waals surface area (Å²) in [4.78, 5) is 42.1. The van der Waals surface area contributed by atoms with Crippen LogP contribution < -0.4 is 4.90 Å². The van der Waals surface area contributed by atoms with Gasteiger partial charge in [0.25, 0.3) is 0 Å². The zero-order valence-corrected chi connectivity index (χ0v) is 19.9. The topological polar surface area (TPSA) is 87.2 Å². The average Bonchev–Trinajstić information content (AvgIpc) is 3.27. The largest absolute Gasteiger partial charge is 0.480 e. The summed E-state index contributed by atoms with van der Waals surface area (Å²) in [5.41, 5.74) is 3.97. The van der Waals surface area contributed by atoms with E-state index in [4.69, 9.17) is 4.74 Å². The number of aliphatic carboxylic acids is 1. The highest BCUT2D eigenvalue weighted by Crippen LogP contribution is 2.35. The van der Waals surface area contributed by atoms with Crippen molar-refractivity contribution >= 4 is 23.7 Å². The van der Waals surface area contributed by atoms with Gasteiger partial charge in [-0.3, -0.25) is 14.5 Å². The molecule has 7 heteroatoms. The van der Waals surface area contributed by atoms with Crippen molar-refractivity contribution in [3.8, 4) is 0 Å². The second kappa shape index (κ2) is 10.1. The fraction of sp³-hybridized carbons (Fsp3) is 0.464. The van der Waals surface area contributed by atoms with E-state index in [0.29, 0.717) is 24.9 Å². The molecule has 0 saturated heterocycles. The molecule has 1 N–H and O–H groups in total. The van der Waals surface area contributed by atoms with Crippen molar-refractivity contribution in [3.63, 3.8) is 0 Å². The molecule has 35 heavy (non-hydrogen) atoms. The Kier molecular flexibility index (Phi) is 6.75. The highest BCUT2D eigenvalue weighted by Gasteiger charge is 2.43. The molecular weight excluding hydrogens is 444 g/mol. The number of aryl methyl sites for hydroxylation is 1. The molecule has 0 bridgehead atoms. The first-order valence-electron chi connectivity index (χ1n) is 12.7. The molecule has 5 rings (SSSR count). The zero-order valence-electron chi connectivity index (χ0n) is 19.9. The Morgan fingerprint density at radius 3 is 2.31 bits per heavy atom. The SMILES string of the molecule is O=C(O)CN(C(=O)[C@H]1Cc2ccccc2N1C(=O)OC1CCCCC1)C1CCc2ccccc2C1. The molecule has 2 aromatic rings. The van der Waals surface area contributed by atoms with Crippen LogP contribution in [0.5, 0.6) is 0 Å². The Balaban J connectivity index is 1.41. The number of benzene rings is 2. The summed E-state index contributed by atoms with van der Waals surface area (Å²) in [7, 11) is 0. The van der Waals surface area contributed by atoms with Crippen LogP contribution in [0.4, 0.5) is 10.5 Å². The molecule has 2 aromatic carbocycles. The minimum Gasteiger partial charge on any atom is -0.480 e. The van der Waals surface area contributed by atoms with Crippen LogP contribution in [0.25, 0.3) is 0 Å². The normalized spacial score (nSPS) is 21.7. The predicted molar refractivity (Wildman–Crippen MR) is 131 cm³/mol. The molecule has 2 aliphatic carbocycles. The lowest BCUT2D eigenvalue weighted by molar-refractivity contribution is -0.147. The molecule has 0 aromatic heterocycles. The molecule has 7 nitrogen and oxygen atoms in total. The number of rotatable bonds is 5. The number of ether oxygens (including phenoxy) is 1. The van der Waals surface area contributed by atoms with E-state index in [1.54, 1.807) is 0 Å². The number of carbonyl (C=O) groups is 3. The maximum absolute atomic E-state index is 14.0. The number of hydrogen-bond acceptors (Lipinski definition) is 4. The van der Waals surface area contributed by atoms with Gasteiger partial charge in [-0.1, -0.05) is 48.9 Å². The molecule has 0 spiro atoms. The smallest absolute Gasteiger partial charge is 0.415 e. The monoisotopic (exact) mass is 476 g/mol. The van der Waals surface area contributed by atoms with E-state index in [-0.39, 0.29) is 24.6 Å². The molecule has 184 valence electrons. The lowest BCUT2D eigenvalue weighted by Gasteiger charge is -2.37. The number of carbonyl (C=O) groups excluding carboxylic acids is 2. The third-order valence-corrected chi connectivity index (χ3v) is 7.63. The molecule has 1 unspecified atom stereocenters. The first-order valence-corrected chi connectivity index (χ1v) is 12.7. The Labute approximate surface area is 205 Å². The van der Waals surface area contributed by atoms with E-state index in [2.05, 4.69) is 6.07 Å². The number of anilines is 1. The van der Waals surface area contributed by atoms with Gasteiger partial charge in [0.15, 0.2) is 0 Å². The lowest BCUT2D eigenvalue weighted by Crippen LogP contribution is -2.55. The fourth-order valence-corrected chi connectivity index (χ4v) is 5.86. The third kappa shape index (κ3) is 4.90. The molecule has 0 radical (unpaired) electrons. The second-order valence-corrected chi connectivity index (χ2v) is 9.89. The van der Waals surface area contributed by atoms with Gasteiger partial charge in [0.2, 0.25) is 5.91 Å². The average molecular weight is 477 g/mol. The molecule has 2 amide bonds. The Morgan fingerprint density at radius 1 is 0.886 bits per heavy atom. The van der Waals surface area contributed by atoms with Gasteiger partial charge < -0.3 is 14.7 Å². The summed E-state index contributed by atoms with van der Waals surface area (Å²) in [6, 6.07) is 14.6. The number of carboxylic acids is 1. The summed E-state index contributed by atoms with van der Waals surface area (Å²) in [6.07, 6.45) is 6.71. The van der Waals surface area contributed by atoms with E-state index < -0.39 is 18.1 Å². The molecule has 1 heterocycles. The Bertz CT molecular complexity index is 1110. The van der Waals surface area contributed by atoms with Crippen LogP contribution in [-0.4, -0.2) is 52.7 Å². The number of amides is 2. The lowest BCUT2D eigenvalue weighted by atomic mass is 9.87. The van der Waals surface area contributed by atoms with E-state index >= 15 is 0 Å². The molecule has 1 saturated carbocycles. The Morgan fingerprint density at radius 2 is 1.57 bits per heavy atom.